The largest absolute Gasteiger partial charge is 0.379 e. The van der Waals surface area contributed by atoms with Crippen LogP contribution in [0.3, 0.4) is 0 Å². The van der Waals surface area contributed by atoms with E-state index in [2.05, 4.69) is 38.4 Å². The number of carbonyl (C=O) groups excluding carboxylic acids is 1. The number of morpholine rings is 1. The van der Waals surface area contributed by atoms with E-state index in [-0.39, 0.29) is 11.9 Å². The van der Waals surface area contributed by atoms with Crippen LogP contribution in [0.2, 0.25) is 0 Å². The highest BCUT2D eigenvalue weighted by molar-refractivity contribution is 7.10. The maximum atomic E-state index is 12.1. The molecule has 30 heavy (non-hydrogen) atoms. The van der Waals surface area contributed by atoms with E-state index >= 15 is 0 Å². The normalized spacial score (nSPS) is 16.1. The van der Waals surface area contributed by atoms with E-state index in [9.17, 15) is 4.79 Å². The summed E-state index contributed by atoms with van der Waals surface area (Å²) in [5.41, 5.74) is 0.669. The van der Waals surface area contributed by atoms with Gasteiger partial charge in [0.2, 0.25) is 0 Å². The van der Waals surface area contributed by atoms with Gasteiger partial charge in [-0.25, -0.2) is 0 Å². The molecule has 1 atom stereocenters. The van der Waals surface area contributed by atoms with Gasteiger partial charge in [0.25, 0.3) is 5.91 Å². The van der Waals surface area contributed by atoms with E-state index in [0.717, 1.165) is 38.8 Å². The summed E-state index contributed by atoms with van der Waals surface area (Å²) in [7, 11) is 0. The molecule has 0 bridgehead atoms. The highest BCUT2D eigenvalue weighted by Gasteiger charge is 2.23. The van der Waals surface area contributed by atoms with Crippen molar-refractivity contribution in [3.05, 3.63) is 58.3 Å². The van der Waals surface area contributed by atoms with Gasteiger partial charge in [-0.2, -0.15) is 0 Å². The molecule has 2 aromatic rings. The van der Waals surface area contributed by atoms with Gasteiger partial charge in [0.1, 0.15) is 0 Å². The number of benzene rings is 1. The fourth-order valence-corrected chi connectivity index (χ4v) is 4.18. The average molecular weight is 430 g/mol. The number of hydrogen-bond acceptors (Lipinski definition) is 5. The van der Waals surface area contributed by atoms with Gasteiger partial charge in [-0.3, -0.25) is 14.7 Å². The molecule has 1 saturated heterocycles. The molecule has 0 saturated carbocycles. The molecule has 162 valence electrons. The zero-order valence-electron chi connectivity index (χ0n) is 17.5. The van der Waals surface area contributed by atoms with Crippen molar-refractivity contribution < 1.29 is 9.53 Å². The lowest BCUT2D eigenvalue weighted by Crippen LogP contribution is -2.43. The molecule has 3 rings (SSSR count). The van der Waals surface area contributed by atoms with E-state index in [0.29, 0.717) is 25.2 Å². The second-order valence-corrected chi connectivity index (χ2v) is 7.93. The Hall–Kier alpha value is -2.42. The van der Waals surface area contributed by atoms with Gasteiger partial charge in [0, 0.05) is 43.2 Å². The Bertz CT molecular complexity index is 776. The fourth-order valence-electron chi connectivity index (χ4n) is 3.32. The second kappa shape index (κ2) is 12.3. The molecule has 0 aliphatic carbocycles. The van der Waals surface area contributed by atoms with Crippen molar-refractivity contribution in [2.45, 2.75) is 13.0 Å². The average Bonchev–Trinajstić information content (AvgIpc) is 3.32. The molecule has 1 fully saturated rings. The summed E-state index contributed by atoms with van der Waals surface area (Å²) >= 11 is 1.77. The minimum absolute atomic E-state index is 0.0654. The lowest BCUT2D eigenvalue weighted by atomic mass is 10.2. The van der Waals surface area contributed by atoms with Crippen LogP contribution in [-0.4, -0.2) is 69.2 Å². The monoisotopic (exact) mass is 429 g/mol. The van der Waals surface area contributed by atoms with Crippen LogP contribution >= 0.6 is 11.3 Å². The van der Waals surface area contributed by atoms with Crippen molar-refractivity contribution in [2.24, 2.45) is 4.99 Å². The number of guanidine groups is 1. The summed E-state index contributed by atoms with van der Waals surface area (Å²) in [5.74, 6) is 0.700. The third-order valence-electron chi connectivity index (χ3n) is 4.86. The van der Waals surface area contributed by atoms with Crippen molar-refractivity contribution in [3.8, 4) is 0 Å². The van der Waals surface area contributed by atoms with Crippen LogP contribution < -0.4 is 16.0 Å². The standard InChI is InChI=1S/C22H31N5O2S/c1-2-23-22(25-11-10-24-21(28)18-7-4-3-5-8-18)26-17-19(20-9-6-16-30-20)27-12-14-29-15-13-27/h3-9,16,19H,2,10-15,17H2,1H3,(H,24,28)(H2,23,25,26). The molecule has 2 heterocycles. The number of nitrogens with one attached hydrogen (secondary N) is 3. The van der Waals surface area contributed by atoms with Crippen molar-refractivity contribution in [2.75, 3.05) is 52.5 Å². The van der Waals surface area contributed by atoms with Gasteiger partial charge in [0.15, 0.2) is 5.96 Å². The molecule has 8 heteroatoms. The minimum Gasteiger partial charge on any atom is -0.379 e. The molecule has 1 aliphatic heterocycles. The Morgan fingerprint density at radius 3 is 2.57 bits per heavy atom. The SMILES string of the molecule is CCNC(=NCC(c1cccs1)N1CCOCC1)NCCNC(=O)c1ccccc1. The number of thiophene rings is 1. The zero-order valence-corrected chi connectivity index (χ0v) is 18.3. The first-order chi connectivity index (χ1) is 14.8. The lowest BCUT2D eigenvalue weighted by Gasteiger charge is -2.33. The molecule has 1 aliphatic rings. The highest BCUT2D eigenvalue weighted by Crippen LogP contribution is 2.26. The predicted molar refractivity (Wildman–Crippen MR) is 122 cm³/mol. The van der Waals surface area contributed by atoms with E-state index in [1.165, 1.54) is 4.88 Å². The second-order valence-electron chi connectivity index (χ2n) is 6.95. The van der Waals surface area contributed by atoms with Crippen LogP contribution in [0, 0.1) is 0 Å². The van der Waals surface area contributed by atoms with Crippen molar-refractivity contribution in [3.63, 3.8) is 0 Å². The smallest absolute Gasteiger partial charge is 0.251 e. The van der Waals surface area contributed by atoms with Gasteiger partial charge in [-0.1, -0.05) is 24.3 Å². The molecule has 7 nitrogen and oxygen atoms in total. The first-order valence-electron chi connectivity index (χ1n) is 10.5. The molecule has 0 spiro atoms. The number of amides is 1. The molecule has 1 aromatic carbocycles. The Morgan fingerprint density at radius 1 is 1.10 bits per heavy atom. The maximum absolute atomic E-state index is 12.1. The van der Waals surface area contributed by atoms with Crippen LogP contribution in [0.5, 0.6) is 0 Å². The highest BCUT2D eigenvalue weighted by atomic mass is 32.1. The van der Waals surface area contributed by atoms with Gasteiger partial charge in [0.05, 0.1) is 25.8 Å². The van der Waals surface area contributed by atoms with Crippen LogP contribution in [0.1, 0.15) is 28.2 Å². The molecular weight excluding hydrogens is 398 g/mol. The summed E-state index contributed by atoms with van der Waals surface area (Å²) in [6, 6.07) is 13.8. The Kier molecular flexibility index (Phi) is 9.14. The van der Waals surface area contributed by atoms with E-state index in [1.807, 2.05) is 37.3 Å². The van der Waals surface area contributed by atoms with Gasteiger partial charge in [-0.15, -0.1) is 11.3 Å². The van der Waals surface area contributed by atoms with Crippen LogP contribution in [0.15, 0.2) is 52.8 Å². The summed E-state index contributed by atoms with van der Waals surface area (Å²) < 4.78 is 5.51. The predicted octanol–water partition coefficient (Wildman–Crippen LogP) is 2.11. The molecule has 1 aromatic heterocycles. The summed E-state index contributed by atoms with van der Waals surface area (Å²) in [4.78, 5) is 20.7. The Morgan fingerprint density at radius 2 is 1.87 bits per heavy atom. The summed E-state index contributed by atoms with van der Waals surface area (Å²) in [6.07, 6.45) is 0. The van der Waals surface area contributed by atoms with Gasteiger partial charge < -0.3 is 20.7 Å². The van der Waals surface area contributed by atoms with Crippen molar-refractivity contribution in [1.29, 1.82) is 0 Å². The summed E-state index contributed by atoms with van der Waals surface area (Å²) in [6.45, 7) is 8.02. The number of rotatable bonds is 9. The molecule has 1 amide bonds. The van der Waals surface area contributed by atoms with Crippen LogP contribution in [0.25, 0.3) is 0 Å². The molecule has 3 N–H and O–H groups in total. The maximum Gasteiger partial charge on any atom is 0.251 e. The minimum atomic E-state index is -0.0654. The number of aliphatic imine (C=N–C) groups is 1. The third-order valence-corrected chi connectivity index (χ3v) is 5.84. The van der Waals surface area contributed by atoms with Crippen molar-refractivity contribution >= 4 is 23.2 Å². The fraction of sp³-hybridized carbons (Fsp3) is 0.455. The van der Waals surface area contributed by atoms with E-state index in [4.69, 9.17) is 9.73 Å². The first-order valence-corrected chi connectivity index (χ1v) is 11.4. The van der Waals surface area contributed by atoms with Crippen LogP contribution in [-0.2, 0) is 4.74 Å². The third kappa shape index (κ3) is 6.83. The quantitative estimate of drug-likeness (QED) is 0.323. The number of nitrogens with zero attached hydrogens (tertiary/aromatic N) is 2. The lowest BCUT2D eigenvalue weighted by molar-refractivity contribution is 0.0186. The topological polar surface area (TPSA) is 78.0 Å². The van der Waals surface area contributed by atoms with Crippen molar-refractivity contribution in [1.82, 2.24) is 20.9 Å². The Labute approximate surface area is 182 Å². The number of carbonyl (C=O) groups is 1. The van der Waals surface area contributed by atoms with E-state index in [1.54, 1.807) is 11.3 Å². The van der Waals surface area contributed by atoms with Crippen LogP contribution in [0.4, 0.5) is 0 Å². The Balaban J connectivity index is 1.52. The molecular formula is C22H31N5O2S. The molecule has 1 unspecified atom stereocenters. The van der Waals surface area contributed by atoms with E-state index < -0.39 is 0 Å². The van der Waals surface area contributed by atoms with Gasteiger partial charge >= 0.3 is 0 Å². The zero-order chi connectivity index (χ0) is 21.0. The van der Waals surface area contributed by atoms with Gasteiger partial charge in [-0.05, 0) is 30.5 Å². The summed E-state index contributed by atoms with van der Waals surface area (Å²) in [5, 5.41) is 11.7. The first kappa shape index (κ1) is 22.3. The number of ether oxygens (including phenoxy) is 1. The molecule has 0 radical (unpaired) electrons. The number of hydrogen-bond donors (Lipinski definition) is 3.